The van der Waals surface area contributed by atoms with Gasteiger partial charge in [0.15, 0.2) is 4.32 Å². The lowest BCUT2D eigenvalue weighted by molar-refractivity contribution is -0.113. The molecule has 12 heteroatoms. The van der Waals surface area contributed by atoms with Crippen molar-refractivity contribution >= 4 is 57.4 Å². The number of amides is 1. The summed E-state index contributed by atoms with van der Waals surface area (Å²) in [6, 6.07) is 14.5. The van der Waals surface area contributed by atoms with Crippen LogP contribution < -0.4 is 20.9 Å². The SMILES string of the molecule is Cc1c(N2C(=O)/C(=C\c3c(N4CCOCC4)nc4ccccn4c3=O)SC2=S)c(=O)n(-c2ccccc2)n1C. The Hall–Kier alpha value is -4.00. The lowest BCUT2D eigenvalue weighted by Gasteiger charge is -2.29. The van der Waals surface area contributed by atoms with E-state index in [0.29, 0.717) is 49.1 Å². The summed E-state index contributed by atoms with van der Waals surface area (Å²) in [4.78, 5) is 49.3. The number of pyridine rings is 1. The van der Waals surface area contributed by atoms with Crippen LogP contribution in [-0.4, -0.2) is 55.3 Å². The van der Waals surface area contributed by atoms with Crippen molar-refractivity contribution in [3.8, 4) is 5.69 Å². The van der Waals surface area contributed by atoms with Crippen LogP contribution in [0.25, 0.3) is 17.4 Å². The number of ether oxygens (including phenoxy) is 1. The van der Waals surface area contributed by atoms with Gasteiger partial charge in [-0.3, -0.25) is 28.4 Å². The number of fused-ring (bicyclic) bond motifs is 1. The van der Waals surface area contributed by atoms with Gasteiger partial charge in [0.1, 0.15) is 17.2 Å². The molecule has 198 valence electrons. The van der Waals surface area contributed by atoms with Gasteiger partial charge in [-0.2, -0.15) is 0 Å². The average Bonchev–Trinajstić information content (AvgIpc) is 3.35. The molecular formula is C27H24N6O4S2. The number of nitrogens with zero attached hydrogens (tertiary/aromatic N) is 6. The first-order valence-corrected chi connectivity index (χ1v) is 13.6. The van der Waals surface area contributed by atoms with Crippen LogP contribution in [0, 0.1) is 6.92 Å². The van der Waals surface area contributed by atoms with Gasteiger partial charge in [0, 0.05) is 26.3 Å². The highest BCUT2D eigenvalue weighted by atomic mass is 32.2. The zero-order valence-corrected chi connectivity index (χ0v) is 22.9. The van der Waals surface area contributed by atoms with E-state index < -0.39 is 5.91 Å². The minimum absolute atomic E-state index is 0.189. The minimum Gasteiger partial charge on any atom is -0.378 e. The molecule has 1 aromatic carbocycles. The van der Waals surface area contributed by atoms with Crippen LogP contribution in [0.3, 0.4) is 0 Å². The summed E-state index contributed by atoms with van der Waals surface area (Å²) in [7, 11) is 1.76. The number of carbonyl (C=O) groups is 1. The largest absolute Gasteiger partial charge is 0.378 e. The maximum absolute atomic E-state index is 13.8. The highest BCUT2D eigenvalue weighted by Crippen LogP contribution is 2.37. The van der Waals surface area contributed by atoms with Gasteiger partial charge in [0.25, 0.3) is 17.0 Å². The van der Waals surface area contributed by atoms with Gasteiger partial charge in [0.2, 0.25) is 0 Å². The Bertz CT molecular complexity index is 1780. The van der Waals surface area contributed by atoms with E-state index >= 15 is 0 Å². The predicted octanol–water partition coefficient (Wildman–Crippen LogP) is 2.73. The number of thioether (sulfide) groups is 1. The van der Waals surface area contributed by atoms with Crippen LogP contribution in [0.15, 0.2) is 69.2 Å². The van der Waals surface area contributed by atoms with E-state index in [1.54, 1.807) is 43.1 Å². The number of anilines is 2. The third kappa shape index (κ3) is 4.20. The summed E-state index contributed by atoms with van der Waals surface area (Å²) in [5.74, 6) is 0.0311. The summed E-state index contributed by atoms with van der Waals surface area (Å²) in [6.45, 7) is 3.93. The van der Waals surface area contributed by atoms with Gasteiger partial charge in [0.05, 0.1) is 35.1 Å². The maximum Gasteiger partial charge on any atom is 0.296 e. The number of para-hydroxylation sites is 1. The van der Waals surface area contributed by atoms with Crippen molar-refractivity contribution in [3.63, 3.8) is 0 Å². The Morgan fingerprint density at radius 3 is 2.46 bits per heavy atom. The Kier molecular flexibility index (Phi) is 6.45. The molecule has 0 spiro atoms. The van der Waals surface area contributed by atoms with Gasteiger partial charge in [-0.25, -0.2) is 9.67 Å². The Morgan fingerprint density at radius 2 is 1.72 bits per heavy atom. The molecule has 2 aliphatic heterocycles. The number of morpholine rings is 1. The van der Waals surface area contributed by atoms with Crippen molar-refractivity contribution in [1.82, 2.24) is 18.7 Å². The molecule has 3 aromatic heterocycles. The van der Waals surface area contributed by atoms with Crippen molar-refractivity contribution < 1.29 is 9.53 Å². The second-order valence-corrected chi connectivity index (χ2v) is 10.8. The fraction of sp³-hybridized carbons (Fsp3) is 0.222. The number of hydrogen-bond acceptors (Lipinski definition) is 8. The number of hydrogen-bond donors (Lipinski definition) is 0. The Labute approximate surface area is 232 Å². The Morgan fingerprint density at radius 1 is 1.00 bits per heavy atom. The molecule has 1 amide bonds. The molecule has 0 unspecified atom stereocenters. The average molecular weight is 561 g/mol. The Balaban J connectivity index is 1.47. The zero-order valence-electron chi connectivity index (χ0n) is 21.2. The molecule has 0 saturated carbocycles. The van der Waals surface area contributed by atoms with Crippen molar-refractivity contribution in [3.05, 3.63) is 91.6 Å². The van der Waals surface area contributed by atoms with E-state index in [0.717, 1.165) is 11.8 Å². The lowest BCUT2D eigenvalue weighted by atomic mass is 10.2. The summed E-state index contributed by atoms with van der Waals surface area (Å²) < 4.78 is 10.4. The van der Waals surface area contributed by atoms with Crippen LogP contribution in [-0.2, 0) is 16.6 Å². The summed E-state index contributed by atoms with van der Waals surface area (Å²) >= 11 is 6.65. The predicted molar refractivity (Wildman–Crippen MR) is 156 cm³/mol. The molecule has 10 nitrogen and oxygen atoms in total. The maximum atomic E-state index is 13.8. The van der Waals surface area contributed by atoms with Crippen molar-refractivity contribution in [1.29, 1.82) is 0 Å². The second kappa shape index (κ2) is 9.95. The lowest BCUT2D eigenvalue weighted by Crippen LogP contribution is -2.38. The quantitative estimate of drug-likeness (QED) is 0.278. The smallest absolute Gasteiger partial charge is 0.296 e. The number of thiocarbonyl (C=S) groups is 1. The van der Waals surface area contributed by atoms with E-state index in [2.05, 4.69) is 0 Å². The van der Waals surface area contributed by atoms with E-state index in [4.69, 9.17) is 21.9 Å². The first-order valence-electron chi connectivity index (χ1n) is 12.3. The molecule has 0 N–H and O–H groups in total. The van der Waals surface area contributed by atoms with E-state index in [9.17, 15) is 14.4 Å². The molecule has 0 radical (unpaired) electrons. The van der Waals surface area contributed by atoms with Gasteiger partial charge in [-0.05, 0) is 37.3 Å². The first-order chi connectivity index (χ1) is 18.9. The molecule has 4 aromatic rings. The van der Waals surface area contributed by atoms with Crippen molar-refractivity contribution in [2.45, 2.75) is 6.92 Å². The zero-order chi connectivity index (χ0) is 27.3. The molecule has 2 aliphatic rings. The van der Waals surface area contributed by atoms with Gasteiger partial charge >= 0.3 is 0 Å². The number of rotatable bonds is 4. The molecule has 0 bridgehead atoms. The van der Waals surface area contributed by atoms with Gasteiger partial charge in [-0.15, -0.1) is 0 Å². The molecule has 0 atom stereocenters. The van der Waals surface area contributed by atoms with Crippen LogP contribution in [0.2, 0.25) is 0 Å². The van der Waals surface area contributed by atoms with Crippen LogP contribution >= 0.6 is 24.0 Å². The van der Waals surface area contributed by atoms with Crippen LogP contribution in [0.1, 0.15) is 11.3 Å². The fourth-order valence-corrected chi connectivity index (χ4v) is 6.09. The normalized spacial score (nSPS) is 17.1. The highest BCUT2D eigenvalue weighted by Gasteiger charge is 2.38. The molecular weight excluding hydrogens is 536 g/mol. The first kappa shape index (κ1) is 25.3. The third-order valence-electron chi connectivity index (χ3n) is 6.88. The summed E-state index contributed by atoms with van der Waals surface area (Å²) in [5, 5.41) is 0. The standard InChI is InChI=1S/C27H24N6O4S2/c1-17-22(26(36)33(29(17)2)18-8-4-3-5-9-18)32-25(35)20(39-27(32)38)16-19-23(30-12-14-37-15-13-30)28-21-10-6-7-11-31(21)24(19)34/h3-11,16H,12-15H2,1-2H3/b20-16+. The molecule has 6 rings (SSSR count). The fourth-order valence-electron chi connectivity index (χ4n) is 4.84. The summed E-state index contributed by atoms with van der Waals surface area (Å²) in [6.07, 6.45) is 3.20. The highest BCUT2D eigenvalue weighted by molar-refractivity contribution is 8.27. The van der Waals surface area contributed by atoms with Crippen LogP contribution in [0.4, 0.5) is 11.5 Å². The molecule has 2 fully saturated rings. The van der Waals surface area contributed by atoms with Crippen molar-refractivity contribution in [2.24, 2.45) is 7.05 Å². The number of benzene rings is 1. The third-order valence-corrected chi connectivity index (χ3v) is 8.18. The summed E-state index contributed by atoms with van der Waals surface area (Å²) in [5.41, 5.74) is 1.58. The minimum atomic E-state index is -0.457. The molecule has 2 saturated heterocycles. The van der Waals surface area contributed by atoms with Gasteiger partial charge < -0.3 is 9.64 Å². The molecule has 39 heavy (non-hydrogen) atoms. The topological polar surface area (TPSA) is 94.1 Å². The van der Waals surface area contributed by atoms with E-state index in [1.165, 1.54) is 14.0 Å². The van der Waals surface area contributed by atoms with E-state index in [1.807, 2.05) is 41.3 Å². The number of aromatic nitrogens is 4. The number of carbonyl (C=O) groups excluding carboxylic acids is 1. The van der Waals surface area contributed by atoms with E-state index in [-0.39, 0.29) is 31.6 Å². The second-order valence-electron chi connectivity index (χ2n) is 9.11. The van der Waals surface area contributed by atoms with Crippen LogP contribution in [0.5, 0.6) is 0 Å². The monoisotopic (exact) mass is 560 g/mol. The van der Waals surface area contributed by atoms with Gasteiger partial charge in [-0.1, -0.05) is 48.2 Å². The molecule has 0 aliphatic carbocycles. The molecule has 5 heterocycles. The van der Waals surface area contributed by atoms with Crippen molar-refractivity contribution in [2.75, 3.05) is 36.1 Å².